The molecule has 1 atom stereocenters. The first kappa shape index (κ1) is 31.1. The number of hydrogen-bond donors (Lipinski definition) is 3. The van der Waals surface area contributed by atoms with Crippen LogP contribution in [-0.4, -0.2) is 52.8 Å². The number of hydrogen-bond acceptors (Lipinski definition) is 8. The zero-order chi connectivity index (χ0) is 30.2. The number of nitrogens with zero attached hydrogens (tertiary/aromatic N) is 2. The highest BCUT2D eigenvalue weighted by atomic mass is 16.6. The van der Waals surface area contributed by atoms with E-state index in [-0.39, 0.29) is 39.2 Å². The number of guanidine groups is 1. The Bertz CT molecular complexity index is 1280. The Kier molecular flexibility index (Phi) is 12.3. The van der Waals surface area contributed by atoms with Crippen molar-refractivity contribution >= 4 is 30.2 Å². The van der Waals surface area contributed by atoms with Gasteiger partial charge in [-0.25, -0.2) is 19.2 Å². The van der Waals surface area contributed by atoms with Crippen molar-refractivity contribution in [2.75, 3.05) is 6.54 Å². The van der Waals surface area contributed by atoms with Crippen molar-refractivity contribution in [2.24, 2.45) is 10.7 Å². The summed E-state index contributed by atoms with van der Waals surface area (Å²) in [4.78, 5) is 53.9. The third kappa shape index (κ3) is 10.6. The Morgan fingerprint density at radius 1 is 0.738 bits per heavy atom. The molecule has 3 aromatic rings. The van der Waals surface area contributed by atoms with Crippen LogP contribution in [0.3, 0.4) is 0 Å². The highest BCUT2D eigenvalue weighted by Gasteiger charge is 2.29. The molecule has 220 valence electrons. The van der Waals surface area contributed by atoms with Crippen molar-refractivity contribution in [1.29, 1.82) is 0 Å². The lowest BCUT2D eigenvalue weighted by Gasteiger charge is -2.19. The van der Waals surface area contributed by atoms with Gasteiger partial charge in [-0.1, -0.05) is 91.0 Å². The van der Waals surface area contributed by atoms with E-state index in [0.29, 0.717) is 16.0 Å². The molecule has 0 aliphatic rings. The van der Waals surface area contributed by atoms with Crippen molar-refractivity contribution in [3.05, 3.63) is 108 Å². The van der Waals surface area contributed by atoms with Crippen LogP contribution in [0.2, 0.25) is 0 Å². The molecule has 0 heterocycles. The van der Waals surface area contributed by atoms with Gasteiger partial charge >= 0.3 is 24.2 Å². The number of carbonyl (C=O) groups is 4. The summed E-state index contributed by atoms with van der Waals surface area (Å²) in [5.74, 6) is -1.76. The van der Waals surface area contributed by atoms with Crippen molar-refractivity contribution < 1.29 is 38.5 Å². The van der Waals surface area contributed by atoms with Crippen LogP contribution < -0.4 is 11.1 Å². The van der Waals surface area contributed by atoms with Crippen LogP contribution in [0.25, 0.3) is 0 Å². The zero-order valence-electron chi connectivity index (χ0n) is 22.8. The molecule has 0 unspecified atom stereocenters. The first-order chi connectivity index (χ1) is 20.3. The lowest BCUT2D eigenvalue weighted by Crippen LogP contribution is -2.46. The Morgan fingerprint density at radius 2 is 1.17 bits per heavy atom. The van der Waals surface area contributed by atoms with E-state index in [0.717, 1.165) is 5.56 Å². The topological polar surface area (TPSA) is 170 Å². The van der Waals surface area contributed by atoms with Gasteiger partial charge < -0.3 is 30.4 Å². The van der Waals surface area contributed by atoms with Gasteiger partial charge in [0.05, 0.1) is 0 Å². The van der Waals surface area contributed by atoms with Crippen LogP contribution in [0, 0.1) is 0 Å². The SMILES string of the molecule is NC(=NCCC[C@H](NC(=O)OCc1ccccc1)C(=O)O)N(C(=O)OCc1ccccc1)C(=O)OCc1ccccc1. The molecular weight excluding hydrogens is 544 g/mol. The molecule has 0 bridgehead atoms. The Morgan fingerprint density at radius 3 is 1.60 bits per heavy atom. The first-order valence-corrected chi connectivity index (χ1v) is 13.0. The molecule has 0 radical (unpaired) electrons. The lowest BCUT2D eigenvalue weighted by atomic mass is 10.1. The highest BCUT2D eigenvalue weighted by Crippen LogP contribution is 2.09. The van der Waals surface area contributed by atoms with Crippen LogP contribution in [0.5, 0.6) is 0 Å². The summed E-state index contributed by atoms with van der Waals surface area (Å²) in [5.41, 5.74) is 8.10. The average molecular weight is 577 g/mol. The van der Waals surface area contributed by atoms with E-state index in [1.165, 1.54) is 0 Å². The number of carbonyl (C=O) groups excluding carboxylic acids is 3. The molecule has 0 spiro atoms. The van der Waals surface area contributed by atoms with Crippen molar-refractivity contribution in [2.45, 2.75) is 38.7 Å². The van der Waals surface area contributed by atoms with Crippen LogP contribution >= 0.6 is 0 Å². The Labute approximate surface area is 242 Å². The molecule has 4 N–H and O–H groups in total. The number of imide groups is 1. The number of nitrogens with one attached hydrogen (secondary N) is 1. The highest BCUT2D eigenvalue weighted by molar-refractivity contribution is 6.07. The second-order valence-corrected chi connectivity index (χ2v) is 8.89. The number of aliphatic imine (C=N–C) groups is 1. The number of carboxylic acids is 1. The van der Waals surface area contributed by atoms with Gasteiger partial charge in [0.1, 0.15) is 25.9 Å². The Hall–Kier alpha value is -5.39. The molecule has 0 aromatic heterocycles. The summed E-state index contributed by atoms with van der Waals surface area (Å²) in [6.07, 6.45) is -2.96. The number of amides is 3. The van der Waals surface area contributed by atoms with Crippen molar-refractivity contribution in [3.8, 4) is 0 Å². The third-order valence-corrected chi connectivity index (χ3v) is 5.73. The molecule has 0 aliphatic carbocycles. The van der Waals surface area contributed by atoms with E-state index in [1.807, 2.05) is 6.07 Å². The molecule has 0 aliphatic heterocycles. The summed E-state index contributed by atoms with van der Waals surface area (Å²) in [7, 11) is 0. The number of aliphatic carboxylic acids is 1. The molecule has 12 nitrogen and oxygen atoms in total. The van der Waals surface area contributed by atoms with Gasteiger partial charge in [-0.2, -0.15) is 0 Å². The molecule has 3 aromatic carbocycles. The summed E-state index contributed by atoms with van der Waals surface area (Å²) in [6.45, 7) is -0.329. The van der Waals surface area contributed by atoms with Crippen molar-refractivity contribution in [1.82, 2.24) is 10.2 Å². The minimum absolute atomic E-state index is 0.0174. The normalized spacial score (nSPS) is 11.6. The summed E-state index contributed by atoms with van der Waals surface area (Å²) < 4.78 is 15.6. The number of rotatable bonds is 12. The van der Waals surface area contributed by atoms with E-state index < -0.39 is 36.3 Å². The largest absolute Gasteiger partial charge is 0.480 e. The second kappa shape index (κ2) is 16.7. The van der Waals surface area contributed by atoms with Crippen molar-refractivity contribution in [3.63, 3.8) is 0 Å². The average Bonchev–Trinajstić information content (AvgIpc) is 3.01. The van der Waals surface area contributed by atoms with E-state index in [1.54, 1.807) is 84.9 Å². The van der Waals surface area contributed by atoms with E-state index in [4.69, 9.17) is 19.9 Å². The predicted molar refractivity (Wildman–Crippen MR) is 152 cm³/mol. The molecular formula is C30H32N4O8. The predicted octanol–water partition coefficient (Wildman–Crippen LogP) is 4.44. The fraction of sp³-hybridized carbons (Fsp3) is 0.233. The Balaban J connectivity index is 1.57. The minimum Gasteiger partial charge on any atom is -0.480 e. The van der Waals surface area contributed by atoms with Gasteiger partial charge in [0.2, 0.25) is 5.96 Å². The van der Waals surface area contributed by atoms with Crippen LogP contribution in [0.15, 0.2) is 96.0 Å². The van der Waals surface area contributed by atoms with E-state index in [9.17, 15) is 24.3 Å². The smallest absolute Gasteiger partial charge is 0.426 e. The second-order valence-electron chi connectivity index (χ2n) is 8.89. The van der Waals surface area contributed by atoms with Gasteiger partial charge in [-0.05, 0) is 29.5 Å². The van der Waals surface area contributed by atoms with Gasteiger partial charge in [0.15, 0.2) is 0 Å². The molecule has 12 heteroatoms. The standard InChI is InChI=1S/C30H32N4O8/c31-27(32-18-10-17-25(26(35)36)33-28(37)40-19-22-11-4-1-5-12-22)34(29(38)41-20-23-13-6-2-7-14-23)30(39)42-21-24-15-8-3-9-16-24/h1-9,11-16,25H,10,17-21H2,(H2,31,32)(H,33,37)(H,35,36)/t25-/m0/s1. The van der Waals surface area contributed by atoms with Gasteiger partial charge in [0.25, 0.3) is 0 Å². The monoisotopic (exact) mass is 576 g/mol. The number of nitrogens with two attached hydrogens (primary N) is 1. The lowest BCUT2D eigenvalue weighted by molar-refractivity contribution is -0.139. The molecule has 3 rings (SSSR count). The molecule has 0 fully saturated rings. The number of alkyl carbamates (subject to hydrolysis) is 1. The maximum atomic E-state index is 12.8. The first-order valence-electron chi connectivity index (χ1n) is 13.0. The van der Waals surface area contributed by atoms with Gasteiger partial charge in [0, 0.05) is 6.54 Å². The minimum atomic E-state index is -1.26. The molecule has 3 amide bonds. The molecule has 42 heavy (non-hydrogen) atoms. The van der Waals surface area contributed by atoms with E-state index in [2.05, 4.69) is 10.3 Å². The van der Waals surface area contributed by atoms with Crippen LogP contribution in [-0.2, 0) is 38.8 Å². The maximum Gasteiger partial charge on any atom is 0.426 e. The summed E-state index contributed by atoms with van der Waals surface area (Å²) >= 11 is 0. The van der Waals surface area contributed by atoms with Crippen LogP contribution in [0.4, 0.5) is 14.4 Å². The quantitative estimate of drug-likeness (QED) is 0.122. The fourth-order valence-electron chi connectivity index (χ4n) is 3.55. The number of carboxylic acid groups (broad SMARTS) is 1. The number of ether oxygens (including phenoxy) is 3. The van der Waals surface area contributed by atoms with Crippen LogP contribution in [0.1, 0.15) is 29.5 Å². The third-order valence-electron chi connectivity index (χ3n) is 5.73. The van der Waals surface area contributed by atoms with Gasteiger partial charge in [-0.15, -0.1) is 4.90 Å². The zero-order valence-corrected chi connectivity index (χ0v) is 22.8. The maximum absolute atomic E-state index is 12.8. The fourth-order valence-corrected chi connectivity index (χ4v) is 3.55. The summed E-state index contributed by atoms with van der Waals surface area (Å²) in [5, 5.41) is 11.8. The number of benzene rings is 3. The summed E-state index contributed by atoms with van der Waals surface area (Å²) in [6, 6.07) is 25.3. The molecule has 0 saturated heterocycles. The molecule has 0 saturated carbocycles. The van der Waals surface area contributed by atoms with E-state index >= 15 is 0 Å². The van der Waals surface area contributed by atoms with Gasteiger partial charge in [-0.3, -0.25) is 4.99 Å².